The first kappa shape index (κ1) is 17.6. The van der Waals surface area contributed by atoms with Crippen molar-refractivity contribution in [2.45, 2.75) is 31.0 Å². The lowest BCUT2D eigenvalue weighted by atomic mass is 10.0. The number of hydrogen-bond acceptors (Lipinski definition) is 2. The highest BCUT2D eigenvalue weighted by Crippen LogP contribution is 2.46. The number of benzene rings is 2. The van der Waals surface area contributed by atoms with Crippen LogP contribution in [0.5, 0.6) is 0 Å². The Morgan fingerprint density at radius 3 is 2.67 bits per heavy atom. The van der Waals surface area contributed by atoms with Crippen LogP contribution < -0.4 is 10.2 Å². The average Bonchev–Trinajstić information content (AvgIpc) is 3.33. The predicted octanol–water partition coefficient (Wildman–Crippen LogP) is 3.51. The first-order chi connectivity index (χ1) is 12.8. The van der Waals surface area contributed by atoms with Crippen molar-refractivity contribution in [3.8, 4) is 0 Å². The molecule has 2 atom stereocenters. The molecule has 2 aromatic carbocycles. The van der Waals surface area contributed by atoms with Crippen LogP contribution in [0, 0.1) is 0 Å². The fourth-order valence-corrected chi connectivity index (χ4v) is 3.61. The van der Waals surface area contributed by atoms with Crippen LogP contribution in [0.4, 0.5) is 18.9 Å². The summed E-state index contributed by atoms with van der Waals surface area (Å²) < 4.78 is 39.5. The van der Waals surface area contributed by atoms with E-state index >= 15 is 0 Å². The number of amides is 2. The number of carbonyl (C=O) groups is 2. The molecular formula is C20H17F3N2O2. The summed E-state index contributed by atoms with van der Waals surface area (Å²) in [5.74, 6) is -0.721. The fraction of sp³-hybridized carbons (Fsp3) is 0.300. The highest BCUT2D eigenvalue weighted by molar-refractivity contribution is 6.03. The summed E-state index contributed by atoms with van der Waals surface area (Å²) in [6.07, 6.45) is -3.63. The van der Waals surface area contributed by atoms with Gasteiger partial charge in [0.2, 0.25) is 5.91 Å². The maximum atomic E-state index is 13.2. The van der Waals surface area contributed by atoms with Gasteiger partial charge in [0, 0.05) is 30.3 Å². The van der Waals surface area contributed by atoms with E-state index in [1.165, 1.54) is 17.0 Å². The molecule has 0 aromatic heterocycles. The van der Waals surface area contributed by atoms with Crippen LogP contribution in [-0.2, 0) is 17.4 Å². The van der Waals surface area contributed by atoms with E-state index in [0.717, 1.165) is 11.6 Å². The van der Waals surface area contributed by atoms with Crippen LogP contribution in [0.1, 0.15) is 39.4 Å². The third-order valence-corrected chi connectivity index (χ3v) is 5.20. The van der Waals surface area contributed by atoms with Crippen LogP contribution in [-0.4, -0.2) is 24.9 Å². The summed E-state index contributed by atoms with van der Waals surface area (Å²) in [4.78, 5) is 25.8. The third kappa shape index (κ3) is 3.18. The number of nitrogens with zero attached hydrogens (tertiary/aromatic N) is 1. The average molecular weight is 374 g/mol. The van der Waals surface area contributed by atoms with Crippen molar-refractivity contribution in [3.63, 3.8) is 0 Å². The second-order valence-corrected chi connectivity index (χ2v) is 6.98. The van der Waals surface area contributed by atoms with E-state index in [-0.39, 0.29) is 29.3 Å². The molecule has 2 amide bonds. The van der Waals surface area contributed by atoms with Crippen LogP contribution >= 0.6 is 0 Å². The minimum Gasteiger partial charge on any atom is -0.349 e. The minimum atomic E-state index is -4.41. The number of carbonyl (C=O) groups excluding carboxylic acids is 2. The maximum absolute atomic E-state index is 13.2. The van der Waals surface area contributed by atoms with Crippen molar-refractivity contribution in [1.29, 1.82) is 0 Å². The Hall–Kier alpha value is -2.83. The molecule has 4 rings (SSSR count). The quantitative estimate of drug-likeness (QED) is 0.894. The van der Waals surface area contributed by atoms with Gasteiger partial charge in [-0.2, -0.15) is 13.2 Å². The highest BCUT2D eigenvalue weighted by atomic mass is 19.4. The monoisotopic (exact) mass is 374 g/mol. The van der Waals surface area contributed by atoms with Crippen molar-refractivity contribution >= 4 is 17.5 Å². The van der Waals surface area contributed by atoms with E-state index in [0.29, 0.717) is 24.1 Å². The standard InChI is InChI=1S/C20H17F3N2O2/c1-25-17-8-12(7-6-11(17)9-18(25)26)19(27)24-16-10-14(16)13-4-2-3-5-15(13)20(21,22)23/h2-8,14,16H,9-10H2,1H3,(H,24,27). The molecule has 4 nitrogen and oxygen atoms in total. The first-order valence-electron chi connectivity index (χ1n) is 8.62. The Bertz CT molecular complexity index is 939. The summed E-state index contributed by atoms with van der Waals surface area (Å²) in [5.41, 5.74) is 1.52. The van der Waals surface area contributed by atoms with Gasteiger partial charge < -0.3 is 10.2 Å². The van der Waals surface area contributed by atoms with Crippen molar-refractivity contribution in [3.05, 3.63) is 64.7 Å². The van der Waals surface area contributed by atoms with Crippen LogP contribution in [0.15, 0.2) is 42.5 Å². The van der Waals surface area contributed by atoms with Gasteiger partial charge >= 0.3 is 6.18 Å². The summed E-state index contributed by atoms with van der Waals surface area (Å²) in [6.45, 7) is 0. The molecule has 1 saturated carbocycles. The number of alkyl halides is 3. The normalized spacial score (nSPS) is 21.2. The number of fused-ring (bicyclic) bond motifs is 1. The maximum Gasteiger partial charge on any atom is 0.416 e. The minimum absolute atomic E-state index is 0.0337. The lowest BCUT2D eigenvalue weighted by Crippen LogP contribution is -2.27. The lowest BCUT2D eigenvalue weighted by molar-refractivity contribution is -0.138. The number of hydrogen-bond donors (Lipinski definition) is 1. The molecule has 0 radical (unpaired) electrons. The first-order valence-corrected chi connectivity index (χ1v) is 8.62. The molecule has 1 heterocycles. The van der Waals surface area contributed by atoms with Gasteiger partial charge in [-0.15, -0.1) is 0 Å². The molecule has 2 aliphatic rings. The number of halogens is 3. The van der Waals surface area contributed by atoms with Crippen LogP contribution in [0.3, 0.4) is 0 Å². The van der Waals surface area contributed by atoms with Crippen molar-refractivity contribution in [2.75, 3.05) is 11.9 Å². The summed E-state index contributed by atoms with van der Waals surface area (Å²) in [5, 5.41) is 2.80. The number of nitrogens with one attached hydrogen (secondary N) is 1. The zero-order chi connectivity index (χ0) is 19.3. The van der Waals surface area contributed by atoms with Crippen molar-refractivity contribution in [2.24, 2.45) is 0 Å². The summed E-state index contributed by atoms with van der Waals surface area (Å²) >= 11 is 0. The molecule has 0 bridgehead atoms. The smallest absolute Gasteiger partial charge is 0.349 e. The summed E-state index contributed by atoms with van der Waals surface area (Å²) in [6, 6.07) is 10.2. The number of anilines is 1. The van der Waals surface area contributed by atoms with Gasteiger partial charge in [0.25, 0.3) is 5.91 Å². The molecule has 7 heteroatoms. The lowest BCUT2D eigenvalue weighted by Gasteiger charge is -2.13. The van der Waals surface area contributed by atoms with Gasteiger partial charge in [-0.25, -0.2) is 0 Å². The topological polar surface area (TPSA) is 49.4 Å². The fourth-order valence-electron chi connectivity index (χ4n) is 3.61. The molecular weight excluding hydrogens is 357 g/mol. The molecule has 27 heavy (non-hydrogen) atoms. The molecule has 1 aliphatic heterocycles. The molecule has 1 aliphatic carbocycles. The van der Waals surface area contributed by atoms with Crippen LogP contribution in [0.2, 0.25) is 0 Å². The highest BCUT2D eigenvalue weighted by Gasteiger charge is 2.45. The molecule has 1 N–H and O–H groups in total. The van der Waals surface area contributed by atoms with E-state index in [2.05, 4.69) is 5.32 Å². The van der Waals surface area contributed by atoms with Gasteiger partial charge in [0.15, 0.2) is 0 Å². The second kappa shape index (κ2) is 6.11. The van der Waals surface area contributed by atoms with Gasteiger partial charge in [0.1, 0.15) is 0 Å². The zero-order valence-corrected chi connectivity index (χ0v) is 14.5. The van der Waals surface area contributed by atoms with E-state index < -0.39 is 11.7 Å². The Balaban J connectivity index is 1.49. The SMILES string of the molecule is CN1C(=O)Cc2ccc(C(=O)NC3CC3c3ccccc3C(F)(F)F)cc21. The Labute approximate surface area is 154 Å². The van der Waals surface area contributed by atoms with Gasteiger partial charge in [-0.3, -0.25) is 9.59 Å². The third-order valence-electron chi connectivity index (χ3n) is 5.20. The van der Waals surface area contributed by atoms with Gasteiger partial charge in [-0.1, -0.05) is 24.3 Å². The van der Waals surface area contributed by atoms with Crippen molar-refractivity contribution < 1.29 is 22.8 Å². The van der Waals surface area contributed by atoms with Crippen molar-refractivity contribution in [1.82, 2.24) is 5.32 Å². The van der Waals surface area contributed by atoms with E-state index in [4.69, 9.17) is 0 Å². The largest absolute Gasteiger partial charge is 0.416 e. The van der Waals surface area contributed by atoms with E-state index in [1.54, 1.807) is 31.3 Å². The second-order valence-electron chi connectivity index (χ2n) is 6.98. The van der Waals surface area contributed by atoms with Gasteiger partial charge in [-0.05, 0) is 35.7 Å². The number of likely N-dealkylation sites (N-methyl/N-ethyl adjacent to an activating group) is 1. The van der Waals surface area contributed by atoms with E-state index in [9.17, 15) is 22.8 Å². The Morgan fingerprint density at radius 1 is 1.19 bits per heavy atom. The Morgan fingerprint density at radius 2 is 1.93 bits per heavy atom. The predicted molar refractivity (Wildman–Crippen MR) is 93.6 cm³/mol. The van der Waals surface area contributed by atoms with Crippen LogP contribution in [0.25, 0.3) is 0 Å². The van der Waals surface area contributed by atoms with E-state index in [1.807, 2.05) is 0 Å². The summed E-state index contributed by atoms with van der Waals surface area (Å²) in [7, 11) is 1.65. The molecule has 1 fully saturated rings. The molecule has 2 aromatic rings. The van der Waals surface area contributed by atoms with Gasteiger partial charge in [0.05, 0.1) is 12.0 Å². The molecule has 0 spiro atoms. The Kier molecular flexibility index (Phi) is 3.98. The molecule has 0 saturated heterocycles. The molecule has 140 valence electrons. The number of rotatable bonds is 3. The zero-order valence-electron chi connectivity index (χ0n) is 14.5. The molecule has 2 unspecified atom stereocenters.